The first-order chi connectivity index (χ1) is 52.0. The van der Waals surface area contributed by atoms with Crippen LogP contribution in [0.15, 0.2) is 192 Å². The van der Waals surface area contributed by atoms with Crippen LogP contribution in [-0.4, -0.2) is 62.3 Å². The molecule has 0 aliphatic rings. The van der Waals surface area contributed by atoms with Crippen molar-refractivity contribution >= 4 is 51.4 Å². The molecule has 0 saturated carbocycles. The fourth-order valence-corrected chi connectivity index (χ4v) is 9.22. The van der Waals surface area contributed by atoms with Gasteiger partial charge in [0.2, 0.25) is 0 Å². The summed E-state index contributed by atoms with van der Waals surface area (Å²) in [5, 5.41) is 67.6. The average molecular weight is 1570 g/mol. The molecule has 0 saturated heterocycles. The van der Waals surface area contributed by atoms with Crippen molar-refractivity contribution in [1.82, 2.24) is 35.1 Å². The topological polar surface area (TPSA) is 429 Å². The molecular weight excluding hydrogens is 1520 g/mol. The number of pyridine rings is 5. The third-order valence-electron chi connectivity index (χ3n) is 14.6. The van der Waals surface area contributed by atoms with E-state index in [2.05, 4.69) is 39.6 Å². The Balaban J connectivity index is 0.000000212. The zero-order valence-corrected chi connectivity index (χ0v) is 56.8. The Labute approximate surface area is 620 Å². The summed E-state index contributed by atoms with van der Waals surface area (Å²) in [7, 11) is 0. The summed E-state index contributed by atoms with van der Waals surface area (Å²) in [5.74, 6) is -0.574. The number of nitrogens with zero attached hydrogens (tertiary/aromatic N) is 11. The van der Waals surface area contributed by atoms with Crippen LogP contribution < -0.4 is 28.7 Å². The van der Waals surface area contributed by atoms with Gasteiger partial charge in [0.1, 0.15) is 35.8 Å². The standard InChI is InChI=1S/C15H11F3N4O2.C15H14F3N3O.C14H8F3N3O2.C14H10F3N3.C7H6F3N.C6H2ClN3O2/c16-15(17,18)9-3-1-8(2-4-9)5-12-11(6-10(19)7-20-12)13-21-14(23)24-22-13;16-15(17,18)10-3-1-9(2-4-10)5-14-12(13(20)8-22)6-11(19)7-21-14;15-14(16,17)11-3-1-9(2-4-11)5-13-10(7-18)6-12(8-19-13)20(21)22;15-14(16,17)11-3-1-9(2-4-11)5-13-10(7-18)6-12(19)8-20-13;8-7(9,10)5-1-3-6(11)4-2-5;7-6-4(2-8)1-5(3-9-6)10(11)12/h1-4,6-7H,5,19H2,(H,21,22,23);1-4,6-7,20,22H,5,8,19H2;1-4,6,8H,5H2;1-4,6,8H,5,19H2;1-4H,11H2;1,3H. The number of aliphatic hydroxyl groups excluding tert-OH is 1. The lowest BCUT2D eigenvalue weighted by Crippen LogP contribution is -2.11. The van der Waals surface area contributed by atoms with Gasteiger partial charge in [-0.3, -0.25) is 49.7 Å². The zero-order chi connectivity index (χ0) is 82.3. The molecule has 0 aliphatic carbocycles. The van der Waals surface area contributed by atoms with E-state index in [-0.39, 0.29) is 70.6 Å². The Kier molecular flexibility index (Phi) is 29.1. The van der Waals surface area contributed by atoms with Crippen LogP contribution in [0.2, 0.25) is 5.15 Å². The summed E-state index contributed by atoms with van der Waals surface area (Å²) in [6.07, 6.45) is -14.7. The molecule has 24 nitrogen and oxygen atoms in total. The largest absolute Gasteiger partial charge is 0.439 e. The van der Waals surface area contributed by atoms with E-state index >= 15 is 0 Å². The number of benzene rings is 5. The van der Waals surface area contributed by atoms with Crippen molar-refractivity contribution in [3.63, 3.8) is 0 Å². The van der Waals surface area contributed by atoms with Gasteiger partial charge in [-0.25, -0.2) is 9.78 Å². The van der Waals surface area contributed by atoms with Crippen LogP contribution in [0.25, 0.3) is 11.4 Å². The van der Waals surface area contributed by atoms with E-state index in [0.717, 1.165) is 85.2 Å². The molecule has 0 spiro atoms. The van der Waals surface area contributed by atoms with Gasteiger partial charge in [-0.15, -0.1) is 0 Å². The molecule has 11 rings (SSSR count). The molecular formula is C71H51ClF15N17O7. The van der Waals surface area contributed by atoms with E-state index in [4.69, 9.17) is 60.8 Å². The minimum absolute atomic E-state index is 0.00543. The quantitative estimate of drug-likeness (QED) is 0.0141. The number of nitro groups is 2. The Morgan fingerprint density at radius 1 is 0.459 bits per heavy atom. The maximum atomic E-state index is 12.6. The van der Waals surface area contributed by atoms with Gasteiger partial charge in [0.05, 0.1) is 125 Å². The molecule has 6 heterocycles. The van der Waals surface area contributed by atoms with Crippen LogP contribution in [0.3, 0.4) is 0 Å². The van der Waals surface area contributed by atoms with Crippen molar-refractivity contribution < 1.29 is 85.3 Å². The molecule has 0 fully saturated rings. The monoisotopic (exact) mass is 1570 g/mol. The molecule has 0 bridgehead atoms. The highest BCUT2D eigenvalue weighted by Gasteiger charge is 2.34. The number of aromatic nitrogens is 7. The second-order valence-corrected chi connectivity index (χ2v) is 22.9. The number of nitrogen functional groups attached to an aromatic ring is 4. The summed E-state index contributed by atoms with van der Waals surface area (Å²) in [6, 6.07) is 35.3. The number of nitrogens with one attached hydrogen (secondary N) is 2. The van der Waals surface area contributed by atoms with E-state index in [1.165, 1.54) is 91.4 Å². The number of halogens is 16. The molecule has 0 unspecified atom stereocenters. The van der Waals surface area contributed by atoms with Gasteiger partial charge in [-0.2, -0.15) is 81.6 Å². The predicted octanol–water partition coefficient (Wildman–Crippen LogP) is 15.7. The highest BCUT2D eigenvalue weighted by Crippen LogP contribution is 2.35. The van der Waals surface area contributed by atoms with Crippen LogP contribution in [0.1, 0.15) is 95.1 Å². The zero-order valence-electron chi connectivity index (χ0n) is 56.0. The Bertz CT molecular complexity index is 5260. The molecule has 0 aliphatic heterocycles. The Morgan fingerprint density at radius 2 is 0.775 bits per heavy atom. The van der Waals surface area contributed by atoms with Crippen LogP contribution in [-0.2, 0) is 56.6 Å². The van der Waals surface area contributed by atoms with Crippen molar-refractivity contribution in [1.29, 1.82) is 21.2 Å². The number of hydrogen-bond donors (Lipinski definition) is 7. The van der Waals surface area contributed by atoms with Crippen molar-refractivity contribution in [3.8, 4) is 29.6 Å². The number of anilines is 4. The van der Waals surface area contributed by atoms with Gasteiger partial charge >= 0.3 is 36.6 Å². The summed E-state index contributed by atoms with van der Waals surface area (Å²) < 4.78 is 190. The number of alkyl halides is 15. The fourth-order valence-electron chi connectivity index (χ4n) is 9.07. The normalized spacial score (nSPS) is 11.1. The van der Waals surface area contributed by atoms with E-state index in [1.807, 2.05) is 6.07 Å². The highest BCUT2D eigenvalue weighted by atomic mass is 35.5. The number of aliphatic hydroxyl groups is 1. The number of rotatable bonds is 13. The SMILES string of the molecule is N#Cc1cc(N)cnc1Cc1ccc(C(F)(F)F)cc1.N#Cc1cc([N+](=O)[O-])cnc1Cc1ccc(C(F)(F)F)cc1.N#Cc1cc([N+](=O)[O-])cnc1Cl.N=C(CO)c1cc(N)cnc1Cc1ccc(C(F)(F)F)cc1.Nc1ccc(C(F)(F)F)cc1.Nc1cnc(Cc2ccc(C(F)(F)F)cc2)c(-c2noc(=O)[nH]2)c1. The van der Waals surface area contributed by atoms with Crippen LogP contribution >= 0.6 is 11.6 Å². The summed E-state index contributed by atoms with van der Waals surface area (Å²) >= 11 is 5.44. The van der Waals surface area contributed by atoms with Crippen LogP contribution in [0, 0.1) is 59.6 Å². The molecule has 574 valence electrons. The maximum Gasteiger partial charge on any atom is 0.439 e. The van der Waals surface area contributed by atoms with Gasteiger partial charge in [-0.1, -0.05) is 65.3 Å². The lowest BCUT2D eigenvalue weighted by molar-refractivity contribution is -0.385. The van der Waals surface area contributed by atoms with Crippen molar-refractivity contribution in [2.24, 2.45) is 0 Å². The van der Waals surface area contributed by atoms with Gasteiger partial charge in [0.25, 0.3) is 11.4 Å². The van der Waals surface area contributed by atoms with E-state index in [9.17, 15) is 90.9 Å². The molecule has 11 aromatic rings. The number of nitriles is 3. The number of H-pyrrole nitrogens is 1. The molecule has 6 aromatic heterocycles. The lowest BCUT2D eigenvalue weighted by atomic mass is 10.0. The van der Waals surface area contributed by atoms with Crippen molar-refractivity contribution in [2.45, 2.75) is 56.6 Å². The molecule has 5 aromatic carbocycles. The molecule has 40 heteroatoms. The second kappa shape index (κ2) is 37.6. The summed E-state index contributed by atoms with van der Waals surface area (Å²) in [5.41, 5.74) is 24.6. The van der Waals surface area contributed by atoms with Crippen LogP contribution in [0.5, 0.6) is 0 Å². The predicted molar refractivity (Wildman–Crippen MR) is 370 cm³/mol. The van der Waals surface area contributed by atoms with E-state index < -0.39 is 80.9 Å². The molecule has 11 N–H and O–H groups in total. The smallest absolute Gasteiger partial charge is 0.399 e. The first-order valence-corrected chi connectivity index (χ1v) is 31.1. The van der Waals surface area contributed by atoms with Gasteiger partial charge < -0.3 is 33.5 Å². The highest BCUT2D eigenvalue weighted by molar-refractivity contribution is 6.30. The van der Waals surface area contributed by atoms with Gasteiger partial charge in [0.15, 0.2) is 5.82 Å². The van der Waals surface area contributed by atoms with Gasteiger partial charge in [0, 0.05) is 54.6 Å². The number of nitrogens with two attached hydrogens (primary N) is 4. The average Bonchev–Trinajstić information content (AvgIpc) is 1.77. The first kappa shape index (κ1) is 86.1. The van der Waals surface area contributed by atoms with Crippen molar-refractivity contribution in [3.05, 3.63) is 314 Å². The third-order valence-corrected chi connectivity index (χ3v) is 14.9. The Morgan fingerprint density at radius 3 is 1.14 bits per heavy atom. The van der Waals surface area contributed by atoms with Gasteiger partial charge in [-0.05, 0) is 113 Å². The lowest BCUT2D eigenvalue weighted by Gasteiger charge is -2.11. The molecule has 0 radical (unpaired) electrons. The molecule has 111 heavy (non-hydrogen) atoms. The fraction of sp³-hybridized carbons (Fsp3) is 0.141. The third kappa shape index (κ3) is 26.3. The molecule has 0 amide bonds. The minimum Gasteiger partial charge on any atom is -0.399 e. The van der Waals surface area contributed by atoms with E-state index in [0.29, 0.717) is 78.8 Å². The Hall–Kier alpha value is -13.9. The maximum absolute atomic E-state index is 12.6. The summed E-state index contributed by atoms with van der Waals surface area (Å²) in [6.45, 7) is -0.467. The van der Waals surface area contributed by atoms with E-state index in [1.54, 1.807) is 18.2 Å². The van der Waals surface area contributed by atoms with Crippen LogP contribution in [0.4, 0.5) is 100.0 Å². The molecule has 0 atom stereocenters. The number of aromatic amines is 1. The minimum atomic E-state index is -4.41. The number of hydrogen-bond acceptors (Lipinski definition) is 21. The van der Waals surface area contributed by atoms with Crippen molar-refractivity contribution in [2.75, 3.05) is 29.5 Å². The summed E-state index contributed by atoms with van der Waals surface area (Å²) in [4.78, 5) is 52.7. The first-order valence-electron chi connectivity index (χ1n) is 30.7. The second-order valence-electron chi connectivity index (χ2n) is 22.5.